The highest BCUT2D eigenvalue weighted by Gasteiger charge is 2.16. The summed E-state index contributed by atoms with van der Waals surface area (Å²) >= 11 is 0. The minimum atomic E-state index is -0.0492. The van der Waals surface area contributed by atoms with Crippen LogP contribution in [0.1, 0.15) is 44.9 Å². The van der Waals surface area contributed by atoms with Crippen LogP contribution in [0.15, 0.2) is 24.3 Å². The van der Waals surface area contributed by atoms with E-state index in [1.165, 1.54) is 5.56 Å². The molecule has 3 N–H and O–H groups in total. The summed E-state index contributed by atoms with van der Waals surface area (Å²) in [5.41, 5.74) is 2.37. The van der Waals surface area contributed by atoms with Crippen molar-refractivity contribution in [2.24, 2.45) is 0 Å². The predicted molar refractivity (Wildman–Crippen MR) is 92.3 cm³/mol. The van der Waals surface area contributed by atoms with E-state index in [9.17, 15) is 9.59 Å². The van der Waals surface area contributed by atoms with Gasteiger partial charge in [0.05, 0.1) is 13.1 Å². The summed E-state index contributed by atoms with van der Waals surface area (Å²) in [5, 5.41) is 5.82. The molecular formula is C18H30N3O2+. The molecule has 0 radical (unpaired) electrons. The number of quaternary nitrogens is 1. The smallest absolute Gasteiger partial charge is 0.275 e. The maximum atomic E-state index is 12.1. The Kier molecular flexibility index (Phi) is 7.75. The molecule has 0 aliphatic rings. The third kappa shape index (κ3) is 7.28. The normalized spacial score (nSPS) is 13.5. The van der Waals surface area contributed by atoms with Gasteiger partial charge < -0.3 is 15.5 Å². The number of carbonyl (C=O) groups excluding carboxylic acids is 2. The Morgan fingerprint density at radius 2 is 1.52 bits per heavy atom. The zero-order chi connectivity index (χ0) is 17.4. The van der Waals surface area contributed by atoms with E-state index >= 15 is 0 Å². The van der Waals surface area contributed by atoms with Crippen molar-refractivity contribution in [3.63, 3.8) is 0 Å². The van der Waals surface area contributed by atoms with Gasteiger partial charge in [-0.1, -0.05) is 31.2 Å². The van der Waals surface area contributed by atoms with Crippen molar-refractivity contribution in [2.45, 2.75) is 46.2 Å². The minimum absolute atomic E-state index is 0.0338. The van der Waals surface area contributed by atoms with E-state index < -0.39 is 0 Å². The maximum Gasteiger partial charge on any atom is 0.275 e. The van der Waals surface area contributed by atoms with Crippen LogP contribution in [0.3, 0.4) is 0 Å². The molecule has 5 nitrogen and oxygen atoms in total. The van der Waals surface area contributed by atoms with Crippen LogP contribution in [-0.4, -0.2) is 38.0 Å². The molecule has 0 bridgehead atoms. The lowest BCUT2D eigenvalue weighted by molar-refractivity contribution is -0.862. The third-order valence-electron chi connectivity index (χ3n) is 3.64. The zero-order valence-electron chi connectivity index (χ0n) is 14.9. The second-order valence-corrected chi connectivity index (χ2v) is 6.42. The van der Waals surface area contributed by atoms with Gasteiger partial charge in [-0.15, -0.1) is 0 Å². The number of rotatable bonds is 8. The van der Waals surface area contributed by atoms with Crippen LogP contribution < -0.4 is 15.5 Å². The monoisotopic (exact) mass is 320 g/mol. The molecule has 1 aromatic carbocycles. The van der Waals surface area contributed by atoms with Crippen LogP contribution in [0.2, 0.25) is 0 Å². The van der Waals surface area contributed by atoms with Gasteiger partial charge in [0.25, 0.3) is 11.8 Å². The molecule has 1 rings (SSSR count). The van der Waals surface area contributed by atoms with E-state index in [0.717, 1.165) is 16.9 Å². The lowest BCUT2D eigenvalue weighted by Gasteiger charge is -2.18. The molecule has 0 aromatic heterocycles. The summed E-state index contributed by atoms with van der Waals surface area (Å²) in [4.78, 5) is 24.7. The minimum Gasteiger partial charge on any atom is -0.349 e. The van der Waals surface area contributed by atoms with Crippen molar-refractivity contribution in [1.29, 1.82) is 0 Å². The molecule has 0 spiro atoms. The zero-order valence-corrected chi connectivity index (χ0v) is 14.9. The van der Waals surface area contributed by atoms with Crippen molar-refractivity contribution >= 4 is 11.8 Å². The fraction of sp³-hybridized carbons (Fsp3) is 0.556. The highest BCUT2D eigenvalue weighted by atomic mass is 16.2. The lowest BCUT2D eigenvalue weighted by atomic mass is 10.1. The van der Waals surface area contributed by atoms with E-state index in [2.05, 4.69) is 41.8 Å². The molecule has 0 aliphatic heterocycles. The molecule has 0 heterocycles. The van der Waals surface area contributed by atoms with Gasteiger partial charge in [0.2, 0.25) is 0 Å². The Hall–Kier alpha value is -1.88. The number of amides is 2. The Morgan fingerprint density at radius 3 is 2.00 bits per heavy atom. The van der Waals surface area contributed by atoms with Gasteiger partial charge >= 0.3 is 0 Å². The average Bonchev–Trinajstić information content (AvgIpc) is 2.45. The van der Waals surface area contributed by atoms with Crippen LogP contribution >= 0.6 is 0 Å². The van der Waals surface area contributed by atoms with Crippen LogP contribution in [0, 0.1) is 0 Å². The fourth-order valence-electron chi connectivity index (χ4n) is 2.40. The van der Waals surface area contributed by atoms with Crippen molar-refractivity contribution in [3.8, 4) is 0 Å². The molecule has 1 unspecified atom stereocenters. The highest BCUT2D eigenvalue weighted by Crippen LogP contribution is 2.13. The van der Waals surface area contributed by atoms with Crippen molar-refractivity contribution < 1.29 is 14.5 Å². The number of hydrogen-bond donors (Lipinski definition) is 3. The van der Waals surface area contributed by atoms with Gasteiger partial charge in [-0.05, 0) is 38.3 Å². The number of hydrogen-bond acceptors (Lipinski definition) is 2. The van der Waals surface area contributed by atoms with Crippen molar-refractivity contribution in [3.05, 3.63) is 35.4 Å². The summed E-state index contributed by atoms with van der Waals surface area (Å²) in [5.74, 6) is -0.0829. The molecule has 0 saturated heterocycles. The van der Waals surface area contributed by atoms with E-state index in [1.807, 2.05) is 27.8 Å². The topological polar surface area (TPSA) is 62.6 Å². The quantitative estimate of drug-likeness (QED) is 0.652. The van der Waals surface area contributed by atoms with E-state index in [-0.39, 0.29) is 30.4 Å². The van der Waals surface area contributed by atoms with Crippen LogP contribution in [-0.2, 0) is 16.0 Å². The van der Waals surface area contributed by atoms with E-state index in [0.29, 0.717) is 6.54 Å². The van der Waals surface area contributed by atoms with Gasteiger partial charge in [-0.3, -0.25) is 9.59 Å². The summed E-state index contributed by atoms with van der Waals surface area (Å²) in [6.07, 6.45) is 1.01. The molecule has 2 atom stereocenters. The van der Waals surface area contributed by atoms with Gasteiger partial charge in [0, 0.05) is 6.04 Å². The predicted octanol–water partition coefficient (Wildman–Crippen LogP) is 0.466. The molecule has 0 aliphatic carbocycles. The summed E-state index contributed by atoms with van der Waals surface area (Å²) in [7, 11) is 1.85. The number of aryl methyl sites for hydroxylation is 1. The van der Waals surface area contributed by atoms with Crippen LogP contribution in [0.4, 0.5) is 0 Å². The molecule has 1 aromatic rings. The van der Waals surface area contributed by atoms with Crippen molar-refractivity contribution in [2.75, 3.05) is 20.1 Å². The SMILES string of the molecule is CCc1ccc([C@@H](C)NC(=O)C[NH+](C)CC(=O)NC(C)C)cc1. The van der Waals surface area contributed by atoms with Crippen molar-refractivity contribution in [1.82, 2.24) is 10.6 Å². The molecule has 5 heteroatoms. The Labute approximate surface area is 139 Å². The highest BCUT2D eigenvalue weighted by molar-refractivity contribution is 5.79. The first-order valence-corrected chi connectivity index (χ1v) is 8.30. The number of carbonyl (C=O) groups is 2. The Bertz CT molecular complexity index is 512. The third-order valence-corrected chi connectivity index (χ3v) is 3.64. The molecular weight excluding hydrogens is 290 g/mol. The molecule has 23 heavy (non-hydrogen) atoms. The summed E-state index contributed by atoms with van der Waals surface area (Å²) in [6, 6.07) is 8.37. The number of benzene rings is 1. The summed E-state index contributed by atoms with van der Waals surface area (Å²) < 4.78 is 0. The summed E-state index contributed by atoms with van der Waals surface area (Å²) in [6.45, 7) is 8.51. The van der Waals surface area contributed by atoms with E-state index in [4.69, 9.17) is 0 Å². The van der Waals surface area contributed by atoms with Gasteiger partial charge in [0.15, 0.2) is 13.1 Å². The first-order valence-electron chi connectivity index (χ1n) is 8.30. The first-order chi connectivity index (χ1) is 10.8. The van der Waals surface area contributed by atoms with Crippen LogP contribution in [0.5, 0.6) is 0 Å². The molecule has 128 valence electrons. The van der Waals surface area contributed by atoms with Gasteiger partial charge in [-0.2, -0.15) is 0 Å². The molecule has 2 amide bonds. The number of likely N-dealkylation sites (N-methyl/N-ethyl adjacent to an activating group) is 1. The largest absolute Gasteiger partial charge is 0.349 e. The van der Waals surface area contributed by atoms with Gasteiger partial charge in [0.1, 0.15) is 0 Å². The Morgan fingerprint density at radius 1 is 1.00 bits per heavy atom. The lowest BCUT2D eigenvalue weighted by Crippen LogP contribution is -3.11. The van der Waals surface area contributed by atoms with Gasteiger partial charge in [-0.25, -0.2) is 0 Å². The van der Waals surface area contributed by atoms with E-state index in [1.54, 1.807) is 0 Å². The fourth-order valence-corrected chi connectivity index (χ4v) is 2.40. The standard InChI is InChI=1S/C18H29N3O2/c1-6-15-7-9-16(10-8-15)14(4)20-18(23)12-21(5)11-17(22)19-13(2)3/h7-10,13-14H,6,11-12H2,1-5H3,(H,19,22)(H,20,23)/p+1/t14-/m1/s1. The van der Waals surface area contributed by atoms with Crippen LogP contribution in [0.25, 0.3) is 0 Å². The second kappa shape index (κ2) is 9.30. The maximum absolute atomic E-state index is 12.1. The second-order valence-electron chi connectivity index (χ2n) is 6.42. The number of nitrogens with one attached hydrogen (secondary N) is 3. The molecule has 0 fully saturated rings. The Balaban J connectivity index is 2.43. The first kappa shape index (κ1) is 19.2. The molecule has 0 saturated carbocycles. The average molecular weight is 320 g/mol.